The lowest BCUT2D eigenvalue weighted by Crippen LogP contribution is -2.49. The van der Waals surface area contributed by atoms with Gasteiger partial charge in [0.2, 0.25) is 0 Å². The van der Waals surface area contributed by atoms with Gasteiger partial charge >= 0.3 is 0 Å². The fourth-order valence-corrected chi connectivity index (χ4v) is 3.03. The molecule has 0 aliphatic carbocycles. The molecule has 1 aliphatic rings. The molecule has 20 heavy (non-hydrogen) atoms. The van der Waals surface area contributed by atoms with Crippen molar-refractivity contribution in [3.8, 4) is 5.75 Å². The maximum atomic E-state index is 10.3. The Morgan fingerprint density at radius 3 is 2.55 bits per heavy atom. The Balaban J connectivity index is 2.42. The summed E-state index contributed by atoms with van der Waals surface area (Å²) in [5.41, 5.74) is 1.75. The van der Waals surface area contributed by atoms with Gasteiger partial charge in [0.05, 0.1) is 0 Å². The number of hydrogen-bond acceptors (Lipinski definition) is 4. The summed E-state index contributed by atoms with van der Waals surface area (Å²) in [4.78, 5) is 2.36. The highest BCUT2D eigenvalue weighted by Gasteiger charge is 2.37. The first kappa shape index (κ1) is 15.3. The lowest BCUT2D eigenvalue weighted by atomic mass is 9.79. The van der Waals surface area contributed by atoms with Gasteiger partial charge in [-0.25, -0.2) is 0 Å². The molecule has 1 aromatic carbocycles. The molecule has 0 radical (unpaired) electrons. The molecule has 1 atom stereocenters. The minimum absolute atomic E-state index is 0.0227. The van der Waals surface area contributed by atoms with Crippen LogP contribution >= 0.6 is 0 Å². The highest BCUT2D eigenvalue weighted by molar-refractivity contribution is 5.39. The monoisotopic (exact) mass is 278 g/mol. The summed E-state index contributed by atoms with van der Waals surface area (Å²) < 4.78 is 0. The van der Waals surface area contributed by atoms with Gasteiger partial charge in [0.25, 0.3) is 0 Å². The SMILES string of the molecule is Cc1ccc(O)c([C@@H](N2CCNCC2)C(C)(C)CO)c1. The Kier molecular flexibility index (Phi) is 4.68. The van der Waals surface area contributed by atoms with Crippen LogP contribution in [0.3, 0.4) is 0 Å². The van der Waals surface area contributed by atoms with Gasteiger partial charge in [-0.2, -0.15) is 0 Å². The molecule has 0 aromatic heterocycles. The van der Waals surface area contributed by atoms with E-state index in [9.17, 15) is 10.2 Å². The van der Waals surface area contributed by atoms with Gasteiger partial charge in [0, 0.05) is 49.8 Å². The molecule has 112 valence electrons. The molecule has 1 saturated heterocycles. The van der Waals surface area contributed by atoms with Crippen LogP contribution in [0.2, 0.25) is 0 Å². The van der Waals surface area contributed by atoms with Gasteiger partial charge in [-0.1, -0.05) is 31.5 Å². The van der Waals surface area contributed by atoms with Crippen LogP contribution in [0.4, 0.5) is 0 Å². The molecule has 4 heteroatoms. The van der Waals surface area contributed by atoms with Gasteiger partial charge in [-0.05, 0) is 13.0 Å². The highest BCUT2D eigenvalue weighted by Crippen LogP contribution is 2.42. The summed E-state index contributed by atoms with van der Waals surface area (Å²) in [5, 5.41) is 23.4. The second kappa shape index (κ2) is 6.12. The van der Waals surface area contributed by atoms with E-state index in [4.69, 9.17) is 0 Å². The van der Waals surface area contributed by atoms with Crippen molar-refractivity contribution < 1.29 is 10.2 Å². The lowest BCUT2D eigenvalue weighted by Gasteiger charge is -2.43. The lowest BCUT2D eigenvalue weighted by molar-refractivity contribution is 0.0293. The first-order valence-corrected chi connectivity index (χ1v) is 7.31. The fourth-order valence-electron chi connectivity index (χ4n) is 3.03. The summed E-state index contributed by atoms with van der Waals surface area (Å²) in [7, 11) is 0. The molecule has 0 amide bonds. The molecular weight excluding hydrogens is 252 g/mol. The molecular formula is C16H26N2O2. The maximum Gasteiger partial charge on any atom is 0.120 e. The number of nitrogens with one attached hydrogen (secondary N) is 1. The second-order valence-corrected chi connectivity index (χ2v) is 6.40. The molecule has 2 rings (SSSR count). The van der Waals surface area contributed by atoms with Crippen molar-refractivity contribution in [3.63, 3.8) is 0 Å². The Labute approximate surface area is 121 Å². The summed E-state index contributed by atoms with van der Waals surface area (Å²) in [6, 6.07) is 5.74. The number of phenols is 1. The minimum atomic E-state index is -0.303. The van der Waals surface area contributed by atoms with Crippen molar-refractivity contribution in [2.24, 2.45) is 5.41 Å². The molecule has 0 spiro atoms. The summed E-state index contributed by atoms with van der Waals surface area (Å²) in [5.74, 6) is 0.320. The van der Waals surface area contributed by atoms with Crippen LogP contribution in [0.1, 0.15) is 31.0 Å². The van der Waals surface area contributed by atoms with E-state index in [1.807, 2.05) is 19.1 Å². The first-order valence-electron chi connectivity index (χ1n) is 7.31. The Morgan fingerprint density at radius 2 is 1.95 bits per heavy atom. The van der Waals surface area contributed by atoms with Crippen LogP contribution in [0.25, 0.3) is 0 Å². The van der Waals surface area contributed by atoms with Crippen molar-refractivity contribution in [3.05, 3.63) is 29.3 Å². The molecule has 0 saturated carbocycles. The maximum absolute atomic E-state index is 10.3. The number of piperazine rings is 1. The van der Waals surface area contributed by atoms with Crippen LogP contribution in [0.15, 0.2) is 18.2 Å². The minimum Gasteiger partial charge on any atom is -0.508 e. The standard InChI is InChI=1S/C16H26N2O2/c1-12-4-5-14(20)13(10-12)15(16(2,3)11-19)18-8-6-17-7-9-18/h4-5,10,15,17,19-20H,6-9,11H2,1-3H3/t15-/m1/s1. The zero-order chi connectivity index (χ0) is 14.8. The Hall–Kier alpha value is -1.10. The number of benzene rings is 1. The number of aliphatic hydroxyl groups excluding tert-OH is 1. The highest BCUT2D eigenvalue weighted by atomic mass is 16.3. The van der Waals surface area contributed by atoms with Crippen LogP contribution in [0.5, 0.6) is 5.75 Å². The number of nitrogens with zero attached hydrogens (tertiary/aromatic N) is 1. The largest absolute Gasteiger partial charge is 0.508 e. The number of aryl methyl sites for hydroxylation is 1. The quantitative estimate of drug-likeness (QED) is 0.784. The normalized spacial score (nSPS) is 19.0. The number of rotatable bonds is 4. The van der Waals surface area contributed by atoms with Gasteiger partial charge < -0.3 is 15.5 Å². The van der Waals surface area contributed by atoms with E-state index in [-0.39, 0.29) is 18.1 Å². The van der Waals surface area contributed by atoms with E-state index in [0.29, 0.717) is 5.75 Å². The fraction of sp³-hybridized carbons (Fsp3) is 0.625. The van der Waals surface area contributed by atoms with E-state index in [1.165, 1.54) is 0 Å². The molecule has 3 N–H and O–H groups in total. The third kappa shape index (κ3) is 3.14. The molecule has 0 bridgehead atoms. The summed E-state index contributed by atoms with van der Waals surface area (Å²) in [6.45, 7) is 10.00. The average Bonchev–Trinajstić information content (AvgIpc) is 2.44. The molecule has 1 heterocycles. The smallest absolute Gasteiger partial charge is 0.120 e. The van der Waals surface area contributed by atoms with Crippen molar-refractivity contribution in [2.75, 3.05) is 32.8 Å². The van der Waals surface area contributed by atoms with Crippen molar-refractivity contribution >= 4 is 0 Å². The van der Waals surface area contributed by atoms with Crippen molar-refractivity contribution in [1.29, 1.82) is 0 Å². The van der Waals surface area contributed by atoms with Gasteiger partial charge in [0.1, 0.15) is 5.75 Å². The van der Waals surface area contributed by atoms with E-state index in [2.05, 4.69) is 24.1 Å². The topological polar surface area (TPSA) is 55.7 Å². The number of hydrogen-bond donors (Lipinski definition) is 3. The van der Waals surface area contributed by atoms with Crippen LogP contribution in [0, 0.1) is 12.3 Å². The van der Waals surface area contributed by atoms with E-state index >= 15 is 0 Å². The van der Waals surface area contributed by atoms with E-state index in [0.717, 1.165) is 37.3 Å². The predicted octanol–water partition coefficient (Wildman–Crippen LogP) is 1.67. The Bertz CT molecular complexity index is 454. The van der Waals surface area contributed by atoms with Gasteiger partial charge in [-0.15, -0.1) is 0 Å². The predicted molar refractivity (Wildman–Crippen MR) is 80.9 cm³/mol. The van der Waals surface area contributed by atoms with Crippen LogP contribution in [-0.2, 0) is 0 Å². The van der Waals surface area contributed by atoms with Crippen LogP contribution < -0.4 is 5.32 Å². The van der Waals surface area contributed by atoms with Gasteiger partial charge in [-0.3, -0.25) is 4.90 Å². The third-order valence-corrected chi connectivity index (χ3v) is 4.14. The van der Waals surface area contributed by atoms with Crippen molar-refractivity contribution in [2.45, 2.75) is 26.8 Å². The zero-order valence-electron chi connectivity index (χ0n) is 12.7. The number of aliphatic hydroxyl groups is 1. The molecule has 1 aliphatic heterocycles. The summed E-state index contributed by atoms with van der Waals surface area (Å²) in [6.07, 6.45) is 0. The number of phenolic OH excluding ortho intramolecular Hbond substituents is 1. The average molecular weight is 278 g/mol. The second-order valence-electron chi connectivity index (χ2n) is 6.40. The van der Waals surface area contributed by atoms with E-state index in [1.54, 1.807) is 6.07 Å². The molecule has 1 fully saturated rings. The van der Waals surface area contributed by atoms with Gasteiger partial charge in [0.15, 0.2) is 0 Å². The molecule has 1 aromatic rings. The molecule has 0 unspecified atom stereocenters. The summed E-state index contributed by atoms with van der Waals surface area (Å²) >= 11 is 0. The number of aromatic hydroxyl groups is 1. The third-order valence-electron chi connectivity index (χ3n) is 4.14. The molecule has 4 nitrogen and oxygen atoms in total. The van der Waals surface area contributed by atoms with E-state index < -0.39 is 0 Å². The Morgan fingerprint density at radius 1 is 1.30 bits per heavy atom. The van der Waals surface area contributed by atoms with Crippen LogP contribution in [-0.4, -0.2) is 47.9 Å². The zero-order valence-corrected chi connectivity index (χ0v) is 12.7. The first-order chi connectivity index (χ1) is 9.45. The van der Waals surface area contributed by atoms with Crippen molar-refractivity contribution in [1.82, 2.24) is 10.2 Å².